The predicted octanol–water partition coefficient (Wildman–Crippen LogP) is 3.48. The van der Waals surface area contributed by atoms with Crippen LogP contribution in [0.25, 0.3) is 0 Å². The second-order valence-corrected chi connectivity index (χ2v) is 5.37. The van der Waals surface area contributed by atoms with Crippen LogP contribution in [0.5, 0.6) is 0 Å². The predicted molar refractivity (Wildman–Crippen MR) is 75.9 cm³/mol. The Bertz CT molecular complexity index is 647. The number of hydrogen-bond donors (Lipinski definition) is 2. The molecule has 0 amide bonds. The second-order valence-electron chi connectivity index (χ2n) is 3.90. The second kappa shape index (κ2) is 5.50. The molecule has 19 heavy (non-hydrogen) atoms. The lowest BCUT2D eigenvalue weighted by Crippen LogP contribution is -2.04. The number of aromatic nitrogens is 1. The van der Waals surface area contributed by atoms with Gasteiger partial charge in [0.2, 0.25) is 0 Å². The number of aromatic carboxylic acids is 1. The van der Waals surface area contributed by atoms with Crippen LogP contribution in [-0.2, 0) is 0 Å². The Hall–Kier alpha value is -1.72. The summed E-state index contributed by atoms with van der Waals surface area (Å²) < 4.78 is 0. The van der Waals surface area contributed by atoms with Gasteiger partial charge in [0.15, 0.2) is 0 Å². The molecule has 98 valence electrons. The highest BCUT2D eigenvalue weighted by Crippen LogP contribution is 2.34. The van der Waals surface area contributed by atoms with Gasteiger partial charge in [0.25, 0.3) is 0 Å². The van der Waals surface area contributed by atoms with E-state index in [1.54, 1.807) is 25.3 Å². The fourth-order valence-electron chi connectivity index (χ4n) is 1.56. The molecule has 0 fully saturated rings. The molecule has 0 aliphatic heterocycles. The first-order valence-electron chi connectivity index (χ1n) is 5.41. The summed E-state index contributed by atoms with van der Waals surface area (Å²) in [5.41, 5.74) is 6.83. The molecule has 0 spiro atoms. The lowest BCUT2D eigenvalue weighted by molar-refractivity contribution is 0.0697. The molecule has 0 radical (unpaired) electrons. The van der Waals surface area contributed by atoms with E-state index >= 15 is 0 Å². The third kappa shape index (κ3) is 3.00. The minimum atomic E-state index is -1.05. The number of anilines is 1. The summed E-state index contributed by atoms with van der Waals surface area (Å²) in [5.74, 6) is -1.05. The Morgan fingerprint density at radius 2 is 2.21 bits per heavy atom. The van der Waals surface area contributed by atoms with Crippen molar-refractivity contribution in [1.29, 1.82) is 0 Å². The normalized spacial score (nSPS) is 10.4. The third-order valence-electron chi connectivity index (χ3n) is 2.53. The van der Waals surface area contributed by atoms with E-state index in [9.17, 15) is 4.79 Å². The Kier molecular flexibility index (Phi) is 3.97. The molecule has 0 bridgehead atoms. The number of benzene rings is 1. The highest BCUT2D eigenvalue weighted by molar-refractivity contribution is 7.99. The number of nitrogen functional groups attached to an aromatic ring is 1. The fraction of sp³-hybridized carbons (Fsp3) is 0.0769. The minimum Gasteiger partial charge on any atom is -0.478 e. The molecule has 0 aliphatic carbocycles. The molecule has 1 heterocycles. The van der Waals surface area contributed by atoms with Crippen molar-refractivity contribution in [3.63, 3.8) is 0 Å². The smallest absolute Gasteiger partial charge is 0.337 e. The van der Waals surface area contributed by atoms with Crippen LogP contribution in [0, 0.1) is 6.92 Å². The number of halogens is 1. The maximum atomic E-state index is 11.1. The zero-order valence-electron chi connectivity index (χ0n) is 10.1. The van der Waals surface area contributed by atoms with Gasteiger partial charge in [0.1, 0.15) is 5.03 Å². The third-order valence-corrected chi connectivity index (χ3v) is 3.94. The van der Waals surface area contributed by atoms with Gasteiger partial charge in [-0.1, -0.05) is 23.4 Å². The lowest BCUT2D eigenvalue weighted by Gasteiger charge is -2.09. The fourth-order valence-corrected chi connectivity index (χ4v) is 2.71. The van der Waals surface area contributed by atoms with Crippen molar-refractivity contribution in [2.24, 2.45) is 0 Å². The zero-order chi connectivity index (χ0) is 14.0. The molecule has 0 saturated carbocycles. The van der Waals surface area contributed by atoms with Crippen molar-refractivity contribution in [3.05, 3.63) is 46.6 Å². The van der Waals surface area contributed by atoms with Gasteiger partial charge in [0.05, 0.1) is 10.6 Å². The summed E-state index contributed by atoms with van der Waals surface area (Å²) in [5, 5.41) is 10.3. The van der Waals surface area contributed by atoms with Gasteiger partial charge in [0, 0.05) is 16.8 Å². The van der Waals surface area contributed by atoms with E-state index in [1.165, 1.54) is 17.8 Å². The molecule has 3 N–H and O–H groups in total. The number of rotatable bonds is 3. The molecule has 0 atom stereocenters. The molecule has 1 aromatic carbocycles. The van der Waals surface area contributed by atoms with Crippen molar-refractivity contribution >= 4 is 35.0 Å². The van der Waals surface area contributed by atoms with Crippen LogP contribution < -0.4 is 5.73 Å². The molecular formula is C13H11ClN2O2S. The largest absolute Gasteiger partial charge is 0.478 e. The number of nitrogens with two attached hydrogens (primary N) is 1. The molecule has 6 heteroatoms. The van der Waals surface area contributed by atoms with E-state index in [0.29, 0.717) is 10.0 Å². The van der Waals surface area contributed by atoms with Gasteiger partial charge in [-0.2, -0.15) is 0 Å². The van der Waals surface area contributed by atoms with Crippen LogP contribution >= 0.6 is 23.4 Å². The van der Waals surface area contributed by atoms with Crippen LogP contribution in [0.1, 0.15) is 15.9 Å². The van der Waals surface area contributed by atoms with E-state index in [1.807, 2.05) is 6.07 Å². The number of nitrogens with zero attached hydrogens (tertiary/aromatic N) is 1. The van der Waals surface area contributed by atoms with E-state index in [0.717, 1.165) is 10.5 Å². The van der Waals surface area contributed by atoms with Crippen LogP contribution in [0.3, 0.4) is 0 Å². The van der Waals surface area contributed by atoms with Gasteiger partial charge in [-0.15, -0.1) is 0 Å². The van der Waals surface area contributed by atoms with Gasteiger partial charge in [-0.05, 0) is 36.8 Å². The molecular weight excluding hydrogens is 284 g/mol. The maximum absolute atomic E-state index is 11.1. The zero-order valence-corrected chi connectivity index (χ0v) is 11.6. The molecule has 0 saturated heterocycles. The Morgan fingerprint density at radius 1 is 1.47 bits per heavy atom. The highest BCUT2D eigenvalue weighted by Gasteiger charge is 2.13. The van der Waals surface area contributed by atoms with Crippen LogP contribution in [-0.4, -0.2) is 16.1 Å². The number of pyridine rings is 1. The number of hydrogen-bond acceptors (Lipinski definition) is 4. The van der Waals surface area contributed by atoms with Crippen LogP contribution in [0.2, 0.25) is 5.02 Å². The van der Waals surface area contributed by atoms with Crippen molar-refractivity contribution in [2.45, 2.75) is 16.8 Å². The average Bonchev–Trinajstić information content (AvgIpc) is 2.36. The number of carboxylic acid groups (broad SMARTS) is 1. The van der Waals surface area contributed by atoms with Crippen molar-refractivity contribution < 1.29 is 9.90 Å². The molecule has 2 aromatic rings. The van der Waals surface area contributed by atoms with E-state index in [-0.39, 0.29) is 11.3 Å². The quantitative estimate of drug-likeness (QED) is 0.848. The Labute approximate surface area is 119 Å². The summed E-state index contributed by atoms with van der Waals surface area (Å²) >= 11 is 7.33. The summed E-state index contributed by atoms with van der Waals surface area (Å²) in [7, 11) is 0. The average molecular weight is 295 g/mol. The van der Waals surface area contributed by atoms with Crippen molar-refractivity contribution in [1.82, 2.24) is 4.98 Å². The first kappa shape index (κ1) is 13.7. The van der Waals surface area contributed by atoms with Crippen molar-refractivity contribution in [2.75, 3.05) is 5.73 Å². The summed E-state index contributed by atoms with van der Waals surface area (Å²) in [6, 6.07) is 6.82. The van der Waals surface area contributed by atoms with Gasteiger partial charge < -0.3 is 10.8 Å². The Morgan fingerprint density at radius 3 is 2.84 bits per heavy atom. The van der Waals surface area contributed by atoms with Crippen molar-refractivity contribution in [3.8, 4) is 0 Å². The summed E-state index contributed by atoms with van der Waals surface area (Å²) in [6.45, 7) is 1.77. The van der Waals surface area contributed by atoms with Gasteiger partial charge in [-0.3, -0.25) is 0 Å². The molecule has 0 aliphatic rings. The topological polar surface area (TPSA) is 76.2 Å². The molecule has 4 nitrogen and oxygen atoms in total. The maximum Gasteiger partial charge on any atom is 0.337 e. The monoisotopic (exact) mass is 294 g/mol. The minimum absolute atomic E-state index is 0.0922. The van der Waals surface area contributed by atoms with Gasteiger partial charge in [-0.25, -0.2) is 9.78 Å². The first-order valence-corrected chi connectivity index (χ1v) is 6.60. The van der Waals surface area contributed by atoms with E-state index in [2.05, 4.69) is 4.98 Å². The van der Waals surface area contributed by atoms with E-state index in [4.69, 9.17) is 22.4 Å². The lowest BCUT2D eigenvalue weighted by atomic mass is 10.1. The van der Waals surface area contributed by atoms with Gasteiger partial charge >= 0.3 is 5.97 Å². The summed E-state index contributed by atoms with van der Waals surface area (Å²) in [6.07, 6.45) is 1.64. The number of carbonyl (C=O) groups is 1. The van der Waals surface area contributed by atoms with Crippen LogP contribution in [0.4, 0.5) is 5.69 Å². The molecule has 1 aromatic heterocycles. The SMILES string of the molecule is Cc1cc(Sc2ncccc2Cl)cc(C(=O)O)c1N. The van der Waals surface area contributed by atoms with Crippen LogP contribution in [0.15, 0.2) is 40.4 Å². The number of carboxylic acids is 1. The highest BCUT2D eigenvalue weighted by atomic mass is 35.5. The Balaban J connectivity index is 2.42. The van der Waals surface area contributed by atoms with E-state index < -0.39 is 5.97 Å². The standard InChI is InChI=1S/C13H11ClN2O2S/c1-7-5-8(6-9(11(7)15)13(17)18)19-12-10(14)3-2-4-16-12/h2-6H,15H2,1H3,(H,17,18). The molecule has 0 unspecified atom stereocenters. The number of aryl methyl sites for hydroxylation is 1. The summed E-state index contributed by atoms with van der Waals surface area (Å²) in [4.78, 5) is 16.0. The first-order chi connectivity index (χ1) is 8.99. The molecule has 2 rings (SSSR count).